The average Bonchev–Trinajstić information content (AvgIpc) is 3.68. The number of hydrogen-bond donors (Lipinski definition) is 2. The van der Waals surface area contributed by atoms with E-state index >= 15 is 0 Å². The smallest absolute Gasteiger partial charge is 0.462 e. The van der Waals surface area contributed by atoms with Gasteiger partial charge >= 0.3 is 19.8 Å². The van der Waals surface area contributed by atoms with Crippen molar-refractivity contribution in [1.82, 2.24) is 0 Å². The molecule has 0 aliphatic carbocycles. The van der Waals surface area contributed by atoms with Crippen LogP contribution < -0.4 is 5.73 Å². The van der Waals surface area contributed by atoms with Gasteiger partial charge in [-0.2, -0.15) is 0 Å². The van der Waals surface area contributed by atoms with Crippen LogP contribution in [0.25, 0.3) is 0 Å². The monoisotopic (exact) mass is 1240 g/mol. The van der Waals surface area contributed by atoms with Crippen molar-refractivity contribution in [2.75, 3.05) is 26.4 Å². The molecular weight excluding hydrogens is 1120 g/mol. The molecule has 0 aromatic carbocycles. The number of unbranched alkanes of at least 4 members (excludes halogenated alkanes) is 9. The molecule has 0 saturated heterocycles. The molecule has 0 rings (SSSR count). The van der Waals surface area contributed by atoms with E-state index in [9.17, 15) is 19.0 Å². The number of ether oxygens (including phenoxy) is 2. The van der Waals surface area contributed by atoms with Gasteiger partial charge in [0, 0.05) is 19.4 Å². The topological polar surface area (TPSA) is 134 Å². The highest BCUT2D eigenvalue weighted by molar-refractivity contribution is 7.47. The zero-order valence-corrected chi connectivity index (χ0v) is 56.2. The minimum Gasteiger partial charge on any atom is -0.462 e. The zero-order chi connectivity index (χ0) is 64.4. The molecule has 0 radical (unpaired) electrons. The minimum atomic E-state index is -4.43. The number of esters is 2. The first-order valence-corrected chi connectivity index (χ1v) is 35.4. The van der Waals surface area contributed by atoms with Gasteiger partial charge in [-0.15, -0.1) is 0 Å². The molecular formula is C79H120NO8P. The molecule has 0 aromatic rings. The SMILES string of the molecule is CC/C=C\C/C=C\C/C=C\C/C=C\C/C=C\C/C=C\C/C=C\C/C=C\C/C=C\C/C=C\C/C=C\C/C=C\CCCCC(=O)OC(COC(=O)CCCCCCCCC/C=C\C/C=C\C/C=C\C/C=C\C/C=C\C/C=C\C/C=C\CC)COP(=O)(O)OCCN. The van der Waals surface area contributed by atoms with E-state index in [1.165, 1.54) is 19.3 Å². The number of phosphoric acid groups is 1. The summed E-state index contributed by atoms with van der Waals surface area (Å²) < 4.78 is 33.1. The lowest BCUT2D eigenvalue weighted by molar-refractivity contribution is -0.161. The van der Waals surface area contributed by atoms with E-state index in [1.807, 2.05) is 0 Å². The highest BCUT2D eigenvalue weighted by Gasteiger charge is 2.26. The Morgan fingerprint density at radius 3 is 0.888 bits per heavy atom. The summed E-state index contributed by atoms with van der Waals surface area (Å²) in [6.45, 7) is 3.41. The van der Waals surface area contributed by atoms with E-state index in [-0.39, 0.29) is 32.6 Å². The van der Waals surface area contributed by atoms with Crippen molar-refractivity contribution in [3.63, 3.8) is 0 Å². The number of rotatable bonds is 60. The molecule has 3 N–H and O–H groups in total. The summed E-state index contributed by atoms with van der Waals surface area (Å²) in [5.74, 6) is -0.913. The van der Waals surface area contributed by atoms with Gasteiger partial charge in [-0.05, 0) is 161 Å². The van der Waals surface area contributed by atoms with E-state index in [2.05, 4.69) is 245 Å². The third-order valence-corrected chi connectivity index (χ3v) is 14.0. The third-order valence-electron chi connectivity index (χ3n) is 13.0. The van der Waals surface area contributed by atoms with Crippen molar-refractivity contribution in [2.45, 2.75) is 225 Å². The molecule has 2 atom stereocenters. The molecule has 0 saturated carbocycles. The molecule has 0 heterocycles. The predicted octanol–water partition coefficient (Wildman–Crippen LogP) is 22.6. The van der Waals surface area contributed by atoms with Crippen molar-refractivity contribution < 1.29 is 37.6 Å². The summed E-state index contributed by atoms with van der Waals surface area (Å²) in [6.07, 6.45) is 113. The largest absolute Gasteiger partial charge is 0.472 e. The second-order valence-corrected chi connectivity index (χ2v) is 22.7. The van der Waals surface area contributed by atoms with Gasteiger partial charge in [0.1, 0.15) is 6.61 Å². The van der Waals surface area contributed by atoms with Crippen LogP contribution in [0, 0.1) is 0 Å². The van der Waals surface area contributed by atoms with Gasteiger partial charge in [-0.3, -0.25) is 18.6 Å². The lowest BCUT2D eigenvalue weighted by atomic mass is 10.1. The fourth-order valence-corrected chi connectivity index (χ4v) is 8.89. The molecule has 89 heavy (non-hydrogen) atoms. The zero-order valence-electron chi connectivity index (χ0n) is 55.3. The summed E-state index contributed by atoms with van der Waals surface area (Å²) in [5, 5.41) is 0. The summed E-state index contributed by atoms with van der Waals surface area (Å²) in [7, 11) is -4.43. The maximum Gasteiger partial charge on any atom is 0.472 e. The molecule has 2 unspecified atom stereocenters. The predicted molar refractivity (Wildman–Crippen MR) is 384 cm³/mol. The standard InChI is InChI=1S/C79H120NO8P/c1-3-5-7-9-11-13-15-17-19-21-23-25-27-29-31-33-34-35-36-37-38-39-40-41-42-44-46-48-50-52-54-56-58-60-62-64-66-68-70-72-79(82)88-77(76-87-89(83,84)86-74-73-80)75-85-78(81)71-69-67-65-63-61-59-57-55-53-51-49-47-45-43-32-30-28-26-24-22-20-18-16-14-12-10-8-6-4-2/h5-8,11-14,17-20,23-26,29-32,34-35,37-38,40-41,44-47,50-53,56,58,62,64,77H,3-4,9-10,15-16,21-22,27-28,33,36,39,42-43,48-49,54-55,57,59-61,63,65-76,80H2,1-2H3,(H,83,84)/b7-5-,8-6-,13-11-,14-12-,19-17-,20-18-,25-23-,26-24-,31-29-,32-30-,35-34-,38-37-,41-40-,46-44-,47-45-,52-50-,53-51-,58-56-,64-62-. The van der Waals surface area contributed by atoms with Crippen LogP contribution in [0.2, 0.25) is 0 Å². The summed E-state index contributed by atoms with van der Waals surface area (Å²) in [6, 6.07) is 0. The molecule has 0 fully saturated rings. The Kier molecular flexibility index (Phi) is 66.4. The van der Waals surface area contributed by atoms with Gasteiger partial charge in [-0.25, -0.2) is 4.57 Å². The number of allylic oxidation sites excluding steroid dienone is 38. The van der Waals surface area contributed by atoms with Crippen LogP contribution in [0.5, 0.6) is 0 Å². The van der Waals surface area contributed by atoms with Crippen LogP contribution in [0.15, 0.2) is 231 Å². The number of carbonyl (C=O) groups excluding carboxylic acids is 2. The molecule has 494 valence electrons. The molecule has 10 heteroatoms. The lowest BCUT2D eigenvalue weighted by Gasteiger charge is -2.19. The highest BCUT2D eigenvalue weighted by atomic mass is 31.2. The Morgan fingerprint density at radius 1 is 0.337 bits per heavy atom. The number of nitrogens with two attached hydrogens (primary N) is 1. The van der Waals surface area contributed by atoms with E-state index in [4.69, 9.17) is 24.3 Å². The van der Waals surface area contributed by atoms with Crippen LogP contribution in [0.4, 0.5) is 0 Å². The van der Waals surface area contributed by atoms with Gasteiger partial charge in [0.05, 0.1) is 13.2 Å². The first-order valence-electron chi connectivity index (χ1n) is 33.9. The first kappa shape index (κ1) is 83.1. The maximum absolute atomic E-state index is 12.7. The number of phosphoric ester groups is 1. The normalized spacial score (nSPS) is 14.4. The van der Waals surface area contributed by atoms with E-state index in [1.54, 1.807) is 0 Å². The minimum absolute atomic E-state index is 0.0310. The second-order valence-electron chi connectivity index (χ2n) is 21.2. The molecule has 0 aliphatic heterocycles. The molecule has 0 amide bonds. The fraction of sp³-hybridized carbons (Fsp3) is 0.494. The van der Waals surface area contributed by atoms with Gasteiger partial charge in [-0.1, -0.05) is 277 Å². The molecule has 0 bridgehead atoms. The van der Waals surface area contributed by atoms with E-state index in [0.29, 0.717) is 12.8 Å². The summed E-state index contributed by atoms with van der Waals surface area (Å²) >= 11 is 0. The van der Waals surface area contributed by atoms with Crippen LogP contribution in [0.3, 0.4) is 0 Å². The first-order chi connectivity index (χ1) is 43.8. The summed E-state index contributed by atoms with van der Waals surface area (Å²) in [5.41, 5.74) is 5.39. The quantitative estimate of drug-likeness (QED) is 0.0264. The lowest BCUT2D eigenvalue weighted by Crippen LogP contribution is -2.29. The molecule has 9 nitrogen and oxygen atoms in total. The Labute approximate surface area is 543 Å². The Hall–Kier alpha value is -5.93. The number of hydrogen-bond acceptors (Lipinski definition) is 8. The number of carbonyl (C=O) groups is 2. The van der Waals surface area contributed by atoms with Gasteiger partial charge in [0.25, 0.3) is 0 Å². The van der Waals surface area contributed by atoms with Gasteiger partial charge in [0.15, 0.2) is 6.10 Å². The van der Waals surface area contributed by atoms with Crippen LogP contribution >= 0.6 is 7.82 Å². The molecule has 0 aromatic heterocycles. The van der Waals surface area contributed by atoms with Gasteiger partial charge < -0.3 is 20.1 Å². The van der Waals surface area contributed by atoms with Crippen LogP contribution in [-0.4, -0.2) is 49.3 Å². The Balaban J connectivity index is 4.13. The van der Waals surface area contributed by atoms with Crippen LogP contribution in [-0.2, 0) is 32.7 Å². The van der Waals surface area contributed by atoms with Crippen molar-refractivity contribution in [2.24, 2.45) is 5.73 Å². The van der Waals surface area contributed by atoms with Crippen molar-refractivity contribution in [3.05, 3.63) is 231 Å². The summed E-state index contributed by atoms with van der Waals surface area (Å²) in [4.78, 5) is 35.3. The Bertz CT molecular complexity index is 2310. The van der Waals surface area contributed by atoms with Gasteiger partial charge in [0.2, 0.25) is 0 Å². The van der Waals surface area contributed by atoms with Crippen molar-refractivity contribution >= 4 is 19.8 Å². The average molecular weight is 1240 g/mol. The van der Waals surface area contributed by atoms with E-state index < -0.39 is 32.5 Å². The van der Waals surface area contributed by atoms with Crippen molar-refractivity contribution in [1.29, 1.82) is 0 Å². The Morgan fingerprint density at radius 2 is 0.584 bits per heavy atom. The van der Waals surface area contributed by atoms with Crippen molar-refractivity contribution in [3.8, 4) is 0 Å². The molecule has 0 aliphatic rings. The highest BCUT2D eigenvalue weighted by Crippen LogP contribution is 2.43. The fourth-order valence-electron chi connectivity index (χ4n) is 8.12. The molecule has 0 spiro atoms. The maximum atomic E-state index is 12.7. The van der Waals surface area contributed by atoms with Crippen LogP contribution in [0.1, 0.15) is 219 Å². The van der Waals surface area contributed by atoms with E-state index in [0.717, 1.165) is 161 Å². The third kappa shape index (κ3) is 71.0. The second kappa shape index (κ2) is 71.1.